The van der Waals surface area contributed by atoms with E-state index in [0.717, 1.165) is 0 Å². The Morgan fingerprint density at radius 3 is 2.14 bits per heavy atom. The highest BCUT2D eigenvalue weighted by atomic mass is 31.2. The molecule has 0 fully saturated rings. The summed E-state index contributed by atoms with van der Waals surface area (Å²) in [5, 5.41) is 0. The molecule has 0 aliphatic carbocycles. The van der Waals surface area contributed by atoms with Crippen molar-refractivity contribution in [2.75, 3.05) is 19.4 Å². The van der Waals surface area contributed by atoms with Crippen LogP contribution in [0.25, 0.3) is 0 Å². The number of hydrogen-bond acceptors (Lipinski definition) is 3. The average molecular weight is 218 g/mol. The molecule has 4 heteroatoms. The summed E-state index contributed by atoms with van der Waals surface area (Å²) in [7, 11) is -2.91. The molecule has 0 N–H and O–H groups in total. The number of hydrogen-bond donors (Lipinski definition) is 0. The first-order valence-corrected chi connectivity index (χ1v) is 6.61. The molecule has 1 unspecified atom stereocenters. The summed E-state index contributed by atoms with van der Waals surface area (Å²) in [5.41, 5.74) is 0. The highest BCUT2D eigenvalue weighted by Crippen LogP contribution is 2.49. The van der Waals surface area contributed by atoms with Crippen LogP contribution in [-0.2, 0) is 13.6 Å². The Morgan fingerprint density at radius 1 is 1.29 bits per heavy atom. The molecule has 14 heavy (non-hydrogen) atoms. The van der Waals surface area contributed by atoms with E-state index in [9.17, 15) is 4.57 Å². The van der Waals surface area contributed by atoms with E-state index in [-0.39, 0.29) is 5.92 Å². The van der Waals surface area contributed by atoms with Crippen LogP contribution < -0.4 is 0 Å². The lowest BCUT2D eigenvalue weighted by molar-refractivity contribution is 0.218. The zero-order valence-electron chi connectivity index (χ0n) is 9.37. The summed E-state index contributed by atoms with van der Waals surface area (Å²) in [5.74, 6) is 5.77. The molecule has 0 radical (unpaired) electrons. The van der Waals surface area contributed by atoms with Gasteiger partial charge in [0.1, 0.15) is 0 Å². The Hall–Kier alpha value is -0.290. The Kier molecular flexibility index (Phi) is 6.92. The van der Waals surface area contributed by atoms with Crippen molar-refractivity contribution in [3.05, 3.63) is 0 Å². The second kappa shape index (κ2) is 7.06. The highest BCUT2D eigenvalue weighted by molar-refractivity contribution is 7.53. The standard InChI is InChI=1S/C10H19O3P/c1-5-8-10(4)9-14(11,12-6-2)13-7-3/h10H,6-7,9H2,1-4H3. The van der Waals surface area contributed by atoms with E-state index in [0.29, 0.717) is 19.4 Å². The van der Waals surface area contributed by atoms with Crippen LogP contribution >= 0.6 is 7.60 Å². The van der Waals surface area contributed by atoms with E-state index in [2.05, 4.69) is 11.8 Å². The topological polar surface area (TPSA) is 35.5 Å². The molecule has 0 spiro atoms. The molecule has 82 valence electrons. The van der Waals surface area contributed by atoms with Crippen molar-refractivity contribution in [3.63, 3.8) is 0 Å². The quantitative estimate of drug-likeness (QED) is 0.508. The molecule has 1 atom stereocenters. The van der Waals surface area contributed by atoms with Crippen LogP contribution in [-0.4, -0.2) is 19.4 Å². The van der Waals surface area contributed by atoms with Crippen LogP contribution in [0, 0.1) is 17.8 Å². The van der Waals surface area contributed by atoms with Crippen molar-refractivity contribution >= 4 is 7.60 Å². The van der Waals surface area contributed by atoms with Gasteiger partial charge in [-0.1, -0.05) is 12.8 Å². The third-order valence-electron chi connectivity index (χ3n) is 1.54. The van der Waals surface area contributed by atoms with Gasteiger partial charge >= 0.3 is 7.60 Å². The van der Waals surface area contributed by atoms with Gasteiger partial charge in [0, 0.05) is 5.92 Å². The third-order valence-corrected chi connectivity index (χ3v) is 3.84. The average Bonchev–Trinajstić information content (AvgIpc) is 2.04. The summed E-state index contributed by atoms with van der Waals surface area (Å²) in [4.78, 5) is 0. The maximum Gasteiger partial charge on any atom is 0.331 e. The van der Waals surface area contributed by atoms with Crippen molar-refractivity contribution in [2.24, 2.45) is 5.92 Å². The van der Waals surface area contributed by atoms with Gasteiger partial charge in [0.2, 0.25) is 0 Å². The third kappa shape index (κ3) is 5.44. The van der Waals surface area contributed by atoms with Gasteiger partial charge in [-0.05, 0) is 20.8 Å². The summed E-state index contributed by atoms with van der Waals surface area (Å²) in [6, 6.07) is 0. The largest absolute Gasteiger partial charge is 0.331 e. The smallest absolute Gasteiger partial charge is 0.309 e. The minimum absolute atomic E-state index is 0.0453. The molecule has 3 nitrogen and oxygen atoms in total. The Morgan fingerprint density at radius 2 is 1.79 bits per heavy atom. The fraction of sp³-hybridized carbons (Fsp3) is 0.800. The maximum absolute atomic E-state index is 12.0. The van der Waals surface area contributed by atoms with Crippen molar-refractivity contribution in [1.82, 2.24) is 0 Å². The van der Waals surface area contributed by atoms with Crippen LogP contribution in [0.2, 0.25) is 0 Å². The molecule has 0 heterocycles. The lowest BCUT2D eigenvalue weighted by Gasteiger charge is -2.18. The lowest BCUT2D eigenvalue weighted by Crippen LogP contribution is -2.06. The van der Waals surface area contributed by atoms with Gasteiger partial charge in [-0.15, -0.1) is 5.92 Å². The first kappa shape index (κ1) is 13.7. The predicted molar refractivity (Wildman–Crippen MR) is 58.3 cm³/mol. The van der Waals surface area contributed by atoms with Gasteiger partial charge in [-0.25, -0.2) is 0 Å². The van der Waals surface area contributed by atoms with E-state index in [4.69, 9.17) is 9.05 Å². The van der Waals surface area contributed by atoms with Gasteiger partial charge in [0.15, 0.2) is 0 Å². The van der Waals surface area contributed by atoms with E-state index in [1.807, 2.05) is 20.8 Å². The van der Waals surface area contributed by atoms with Crippen LogP contribution in [0.1, 0.15) is 27.7 Å². The predicted octanol–water partition coefficient (Wildman–Crippen LogP) is 2.91. The molecule has 0 aromatic carbocycles. The molecular formula is C10H19O3P. The van der Waals surface area contributed by atoms with Crippen LogP contribution in [0.5, 0.6) is 0 Å². The molecule has 0 aliphatic rings. The van der Waals surface area contributed by atoms with Crippen molar-refractivity contribution in [3.8, 4) is 11.8 Å². The second-order valence-electron chi connectivity index (χ2n) is 2.92. The van der Waals surface area contributed by atoms with Gasteiger partial charge in [-0.2, -0.15) is 0 Å². The highest BCUT2D eigenvalue weighted by Gasteiger charge is 2.25. The normalized spacial score (nSPS) is 13.1. The Bertz CT molecular complexity index is 242. The van der Waals surface area contributed by atoms with Gasteiger partial charge in [-0.3, -0.25) is 4.57 Å². The first-order valence-electron chi connectivity index (χ1n) is 4.88. The molecule has 0 aromatic rings. The summed E-state index contributed by atoms with van der Waals surface area (Å²) in [6.07, 6.45) is 0.371. The lowest BCUT2D eigenvalue weighted by atomic mass is 10.2. The monoisotopic (exact) mass is 218 g/mol. The molecule has 0 aliphatic heterocycles. The molecule has 0 amide bonds. The van der Waals surface area contributed by atoms with E-state index in [1.54, 1.807) is 6.92 Å². The minimum atomic E-state index is -2.91. The van der Waals surface area contributed by atoms with Gasteiger partial charge in [0.05, 0.1) is 19.4 Å². The van der Waals surface area contributed by atoms with Crippen molar-refractivity contribution in [1.29, 1.82) is 0 Å². The Balaban J connectivity index is 4.32. The summed E-state index contributed by atoms with van der Waals surface area (Å²) < 4.78 is 22.3. The van der Waals surface area contributed by atoms with E-state index < -0.39 is 7.60 Å². The molecular weight excluding hydrogens is 199 g/mol. The van der Waals surface area contributed by atoms with Gasteiger partial charge < -0.3 is 9.05 Å². The van der Waals surface area contributed by atoms with E-state index in [1.165, 1.54) is 0 Å². The molecule has 0 saturated carbocycles. The SMILES string of the molecule is CC#CC(C)CP(=O)(OCC)OCC. The molecule has 0 rings (SSSR count). The second-order valence-corrected chi connectivity index (χ2v) is 5.03. The fourth-order valence-electron chi connectivity index (χ4n) is 1.16. The Labute approximate surface area is 86.7 Å². The fourth-order valence-corrected chi connectivity index (χ4v) is 3.00. The van der Waals surface area contributed by atoms with Crippen molar-refractivity contribution < 1.29 is 13.6 Å². The van der Waals surface area contributed by atoms with E-state index >= 15 is 0 Å². The first-order chi connectivity index (χ1) is 6.58. The van der Waals surface area contributed by atoms with Gasteiger partial charge in [0.25, 0.3) is 0 Å². The maximum atomic E-state index is 12.0. The summed E-state index contributed by atoms with van der Waals surface area (Å²) >= 11 is 0. The van der Waals surface area contributed by atoms with Crippen LogP contribution in [0.15, 0.2) is 0 Å². The van der Waals surface area contributed by atoms with Crippen LogP contribution in [0.4, 0.5) is 0 Å². The zero-order chi connectivity index (χ0) is 11.0. The van der Waals surface area contributed by atoms with Crippen LogP contribution in [0.3, 0.4) is 0 Å². The summed E-state index contributed by atoms with van der Waals surface area (Å²) in [6.45, 7) is 8.11. The molecule has 0 saturated heterocycles. The number of rotatable bonds is 6. The molecule has 0 aromatic heterocycles. The van der Waals surface area contributed by atoms with Crippen molar-refractivity contribution in [2.45, 2.75) is 27.7 Å². The molecule has 0 bridgehead atoms. The minimum Gasteiger partial charge on any atom is -0.309 e. The zero-order valence-corrected chi connectivity index (χ0v) is 10.3.